The first-order chi connectivity index (χ1) is 12.2. The van der Waals surface area contributed by atoms with E-state index in [-0.39, 0.29) is 22.9 Å². The molecule has 1 aliphatic heterocycles. The van der Waals surface area contributed by atoms with Gasteiger partial charge in [-0.15, -0.1) is 0 Å². The second kappa shape index (κ2) is 5.59. The lowest BCUT2D eigenvalue weighted by molar-refractivity contribution is -0.258. The van der Waals surface area contributed by atoms with E-state index in [4.69, 9.17) is 14.2 Å². The molecule has 0 aromatic heterocycles. The molecule has 4 atom stereocenters. The Hall–Kier alpha value is -1.31. The maximum absolute atomic E-state index is 9.50. The summed E-state index contributed by atoms with van der Waals surface area (Å²) in [6.45, 7) is 12.3. The van der Waals surface area contributed by atoms with Crippen molar-refractivity contribution in [3.8, 4) is 6.07 Å². The van der Waals surface area contributed by atoms with Gasteiger partial charge in [-0.25, -0.2) is 0 Å². The topological polar surface area (TPSA) is 51.5 Å². The zero-order valence-corrected chi connectivity index (χ0v) is 16.7. The van der Waals surface area contributed by atoms with Gasteiger partial charge in [0, 0.05) is 23.7 Å². The average Bonchev–Trinajstić information content (AvgIpc) is 3.20. The third kappa shape index (κ3) is 2.20. The molecule has 2 saturated carbocycles. The van der Waals surface area contributed by atoms with E-state index in [0.29, 0.717) is 19.1 Å². The summed E-state index contributed by atoms with van der Waals surface area (Å²) in [5.74, 6) is 0.861. The van der Waals surface area contributed by atoms with Crippen molar-refractivity contribution in [3.05, 3.63) is 24.0 Å². The summed E-state index contributed by atoms with van der Waals surface area (Å²) < 4.78 is 19.2. The first kappa shape index (κ1) is 18.1. The van der Waals surface area contributed by atoms with E-state index in [9.17, 15) is 5.26 Å². The van der Waals surface area contributed by atoms with Gasteiger partial charge < -0.3 is 14.2 Å². The highest BCUT2D eigenvalue weighted by molar-refractivity contribution is 5.24. The van der Waals surface area contributed by atoms with Crippen LogP contribution in [-0.4, -0.2) is 25.1 Å². The van der Waals surface area contributed by atoms with Crippen molar-refractivity contribution in [2.24, 2.45) is 28.1 Å². The van der Waals surface area contributed by atoms with Crippen LogP contribution in [0.4, 0.5) is 0 Å². The summed E-state index contributed by atoms with van der Waals surface area (Å²) in [5.41, 5.74) is -0.280. The Morgan fingerprint density at radius 2 is 1.92 bits per heavy atom. The van der Waals surface area contributed by atoms with Crippen LogP contribution in [0.3, 0.4) is 0 Å². The van der Waals surface area contributed by atoms with E-state index < -0.39 is 11.2 Å². The van der Waals surface area contributed by atoms with Crippen LogP contribution in [0.25, 0.3) is 0 Å². The van der Waals surface area contributed by atoms with Gasteiger partial charge >= 0.3 is 0 Å². The maximum atomic E-state index is 9.50. The minimum Gasteiger partial charge on any atom is -0.489 e. The van der Waals surface area contributed by atoms with Crippen LogP contribution in [0.5, 0.6) is 0 Å². The highest BCUT2D eigenvalue weighted by Gasteiger charge is 2.77. The molecule has 0 aromatic rings. The van der Waals surface area contributed by atoms with Gasteiger partial charge in [0.05, 0.1) is 30.5 Å². The van der Waals surface area contributed by atoms with Crippen molar-refractivity contribution in [1.29, 1.82) is 5.26 Å². The molecule has 1 spiro atoms. The fourth-order valence-electron chi connectivity index (χ4n) is 5.80. The molecule has 1 saturated heterocycles. The molecule has 0 amide bonds. The summed E-state index contributed by atoms with van der Waals surface area (Å²) in [7, 11) is 0. The zero-order chi connectivity index (χ0) is 18.8. The predicted octanol–water partition coefficient (Wildman–Crippen LogP) is 4.58. The van der Waals surface area contributed by atoms with Gasteiger partial charge in [0.25, 0.3) is 0 Å². The number of allylic oxidation sites excluding steroid dienone is 4. The van der Waals surface area contributed by atoms with Crippen LogP contribution in [0.1, 0.15) is 53.9 Å². The van der Waals surface area contributed by atoms with Crippen molar-refractivity contribution < 1.29 is 14.2 Å². The second-order valence-electron chi connectivity index (χ2n) is 9.81. The zero-order valence-electron chi connectivity index (χ0n) is 16.7. The molecule has 0 unspecified atom stereocenters. The quantitative estimate of drug-likeness (QED) is 0.742. The average molecular weight is 357 g/mol. The smallest absolute Gasteiger partial charge is 0.210 e. The minimum absolute atomic E-state index is 0.0181. The molecule has 0 radical (unpaired) electrons. The number of nitriles is 1. The van der Waals surface area contributed by atoms with E-state index in [1.165, 1.54) is 0 Å². The van der Waals surface area contributed by atoms with Crippen LogP contribution in [0.2, 0.25) is 0 Å². The molecule has 4 nitrogen and oxygen atoms in total. The molecular weight excluding hydrogens is 326 g/mol. The standard InChI is InChI=1S/C22H31NO3/c1-19(2,14-23)15-7-6-8-16(13-15)26-18-21(5)10-9-17(20(21,3)4)22(18)24-11-12-25-22/h6-8,15,17-18H,9-13H2,1-5H3/t15-,17+,18+,21+/m1/s1. The Balaban J connectivity index is 1.63. The van der Waals surface area contributed by atoms with Gasteiger partial charge in [0.15, 0.2) is 6.10 Å². The number of nitrogens with zero attached hydrogens (tertiary/aromatic N) is 1. The molecule has 2 bridgehead atoms. The number of rotatable bonds is 3. The number of fused-ring (bicyclic) bond motifs is 3. The van der Waals surface area contributed by atoms with E-state index in [1.54, 1.807) is 0 Å². The largest absolute Gasteiger partial charge is 0.489 e. The first-order valence-electron chi connectivity index (χ1n) is 9.90. The molecule has 0 aromatic carbocycles. The van der Waals surface area contributed by atoms with Crippen LogP contribution >= 0.6 is 0 Å². The lowest BCUT2D eigenvalue weighted by Gasteiger charge is -2.44. The Labute approximate surface area is 157 Å². The van der Waals surface area contributed by atoms with Crippen molar-refractivity contribution in [3.63, 3.8) is 0 Å². The number of ether oxygens (including phenoxy) is 3. The summed E-state index contributed by atoms with van der Waals surface area (Å²) in [5, 5.41) is 9.50. The molecule has 0 N–H and O–H groups in total. The number of hydrogen-bond acceptors (Lipinski definition) is 4. The second-order valence-corrected chi connectivity index (χ2v) is 9.81. The van der Waals surface area contributed by atoms with E-state index >= 15 is 0 Å². The molecule has 4 heteroatoms. The predicted molar refractivity (Wildman–Crippen MR) is 98.8 cm³/mol. The van der Waals surface area contributed by atoms with Crippen LogP contribution in [-0.2, 0) is 14.2 Å². The van der Waals surface area contributed by atoms with Crippen LogP contribution < -0.4 is 0 Å². The van der Waals surface area contributed by atoms with Crippen LogP contribution in [0, 0.1) is 39.4 Å². The highest BCUT2D eigenvalue weighted by Crippen LogP contribution is 2.71. The molecule has 3 fully saturated rings. The van der Waals surface area contributed by atoms with Gasteiger partial charge in [-0.3, -0.25) is 0 Å². The van der Waals surface area contributed by atoms with E-state index in [2.05, 4.69) is 39.0 Å². The Morgan fingerprint density at radius 1 is 1.23 bits per heavy atom. The molecule has 4 aliphatic rings. The van der Waals surface area contributed by atoms with Gasteiger partial charge in [0.2, 0.25) is 5.79 Å². The Kier molecular flexibility index (Phi) is 3.89. The van der Waals surface area contributed by atoms with Gasteiger partial charge in [-0.2, -0.15) is 5.26 Å². The fraction of sp³-hybridized carbons (Fsp3) is 0.773. The summed E-state index contributed by atoms with van der Waals surface area (Å²) >= 11 is 0. The molecule has 26 heavy (non-hydrogen) atoms. The molecular formula is C22H31NO3. The fourth-order valence-corrected chi connectivity index (χ4v) is 5.80. The number of hydrogen-bond donors (Lipinski definition) is 0. The van der Waals surface area contributed by atoms with Gasteiger partial charge in [0.1, 0.15) is 0 Å². The lowest BCUT2D eigenvalue weighted by Crippen LogP contribution is -2.52. The summed E-state index contributed by atoms with van der Waals surface area (Å²) in [6, 6.07) is 2.44. The third-order valence-corrected chi connectivity index (χ3v) is 7.99. The molecule has 4 rings (SSSR count). The highest BCUT2D eigenvalue weighted by atomic mass is 16.8. The summed E-state index contributed by atoms with van der Waals surface area (Å²) in [6.07, 6.45) is 9.13. The van der Waals surface area contributed by atoms with Gasteiger partial charge in [-0.05, 0) is 38.2 Å². The molecule has 1 heterocycles. The van der Waals surface area contributed by atoms with Gasteiger partial charge in [-0.1, -0.05) is 32.9 Å². The van der Waals surface area contributed by atoms with E-state index in [1.807, 2.05) is 19.9 Å². The molecule has 142 valence electrons. The third-order valence-electron chi connectivity index (χ3n) is 7.99. The lowest BCUT2D eigenvalue weighted by atomic mass is 9.70. The monoisotopic (exact) mass is 357 g/mol. The SMILES string of the molecule is CC(C)(C#N)[C@@H]1C=CC=C(O[C@@H]2C3(OCCO3)[C@H]3CC[C@]2(C)C3(C)C)C1. The van der Waals surface area contributed by atoms with E-state index in [0.717, 1.165) is 25.0 Å². The first-order valence-corrected chi connectivity index (χ1v) is 9.90. The Bertz CT molecular complexity index is 693. The maximum Gasteiger partial charge on any atom is 0.210 e. The normalized spacial score (nSPS) is 39.8. The van der Waals surface area contributed by atoms with Crippen molar-refractivity contribution in [1.82, 2.24) is 0 Å². The van der Waals surface area contributed by atoms with Crippen molar-refractivity contribution >= 4 is 0 Å². The Morgan fingerprint density at radius 3 is 2.58 bits per heavy atom. The van der Waals surface area contributed by atoms with Crippen LogP contribution in [0.15, 0.2) is 24.0 Å². The van der Waals surface area contributed by atoms with Crippen molar-refractivity contribution in [2.75, 3.05) is 13.2 Å². The molecule has 3 aliphatic carbocycles. The van der Waals surface area contributed by atoms with Crippen molar-refractivity contribution in [2.45, 2.75) is 65.8 Å². The summed E-state index contributed by atoms with van der Waals surface area (Å²) in [4.78, 5) is 0. The minimum atomic E-state index is -0.612.